The smallest absolute Gasteiger partial charge is 0.374 e. The van der Waals surface area contributed by atoms with Crippen LogP contribution in [-0.4, -0.2) is 37.7 Å². The van der Waals surface area contributed by atoms with Gasteiger partial charge in [-0.05, 0) is 38.0 Å². The molecule has 7 heteroatoms. The van der Waals surface area contributed by atoms with E-state index in [4.69, 9.17) is 18.6 Å². The van der Waals surface area contributed by atoms with E-state index in [1.807, 2.05) is 0 Å². The second kappa shape index (κ2) is 13.6. The van der Waals surface area contributed by atoms with Gasteiger partial charge in [0, 0.05) is 5.39 Å². The maximum absolute atomic E-state index is 12.8. The molecule has 0 amide bonds. The van der Waals surface area contributed by atoms with Crippen LogP contribution in [0.15, 0.2) is 22.6 Å². The molecular formula is C25H34O7. The van der Waals surface area contributed by atoms with Crippen LogP contribution >= 0.6 is 0 Å². The van der Waals surface area contributed by atoms with E-state index in [1.165, 1.54) is 18.2 Å². The van der Waals surface area contributed by atoms with E-state index in [0.29, 0.717) is 11.0 Å². The maximum atomic E-state index is 12.8. The second-order valence-corrected chi connectivity index (χ2v) is 7.66. The summed E-state index contributed by atoms with van der Waals surface area (Å²) in [6, 6.07) is 4.43. The number of furan rings is 1. The number of carbonyl (C=O) groups excluding carboxylic acids is 3. The quantitative estimate of drug-likeness (QED) is 0.197. The average Bonchev–Trinajstić information content (AvgIpc) is 3.21. The van der Waals surface area contributed by atoms with Crippen molar-refractivity contribution in [1.29, 1.82) is 0 Å². The van der Waals surface area contributed by atoms with Gasteiger partial charge >= 0.3 is 17.9 Å². The highest BCUT2D eigenvalue weighted by molar-refractivity contribution is 6.07. The van der Waals surface area contributed by atoms with E-state index in [9.17, 15) is 14.4 Å². The van der Waals surface area contributed by atoms with Crippen molar-refractivity contribution in [3.8, 4) is 0 Å². The maximum Gasteiger partial charge on any atom is 0.374 e. The van der Waals surface area contributed by atoms with E-state index in [2.05, 4.69) is 13.8 Å². The summed E-state index contributed by atoms with van der Waals surface area (Å²) < 4.78 is 21.3. The van der Waals surface area contributed by atoms with Gasteiger partial charge < -0.3 is 18.6 Å². The Morgan fingerprint density at radius 2 is 1.25 bits per heavy atom. The van der Waals surface area contributed by atoms with Gasteiger partial charge in [-0.25, -0.2) is 14.4 Å². The number of esters is 3. The van der Waals surface area contributed by atoms with E-state index < -0.39 is 17.9 Å². The van der Waals surface area contributed by atoms with Crippen LogP contribution in [0.1, 0.15) is 103 Å². The van der Waals surface area contributed by atoms with E-state index in [0.717, 1.165) is 51.4 Å². The molecule has 7 nitrogen and oxygen atoms in total. The zero-order valence-corrected chi connectivity index (χ0v) is 19.4. The molecule has 0 aliphatic heterocycles. The summed E-state index contributed by atoms with van der Waals surface area (Å²) in [5, 5.41) is 0.505. The Labute approximate surface area is 189 Å². The number of unbranched alkanes of at least 4 members (excludes halogenated alkanes) is 6. The lowest BCUT2D eigenvalue weighted by molar-refractivity contribution is 0.0450. The molecule has 2 aromatic rings. The van der Waals surface area contributed by atoms with Gasteiger partial charge in [0.15, 0.2) is 0 Å². The summed E-state index contributed by atoms with van der Waals surface area (Å²) in [4.78, 5) is 37.5. The van der Waals surface area contributed by atoms with Crippen molar-refractivity contribution in [1.82, 2.24) is 0 Å². The molecule has 32 heavy (non-hydrogen) atoms. The summed E-state index contributed by atoms with van der Waals surface area (Å²) in [6.07, 6.45) is 7.77. The highest BCUT2D eigenvalue weighted by Gasteiger charge is 2.23. The van der Waals surface area contributed by atoms with Crippen molar-refractivity contribution in [3.63, 3.8) is 0 Å². The van der Waals surface area contributed by atoms with Crippen molar-refractivity contribution in [2.45, 2.75) is 72.1 Å². The molecule has 1 aromatic heterocycles. The molecule has 0 atom stereocenters. The topological polar surface area (TPSA) is 92.0 Å². The normalized spacial score (nSPS) is 10.8. The number of carbonyl (C=O) groups is 3. The van der Waals surface area contributed by atoms with Gasteiger partial charge in [0.05, 0.1) is 30.9 Å². The molecule has 0 unspecified atom stereocenters. The van der Waals surface area contributed by atoms with Crippen LogP contribution in [-0.2, 0) is 14.2 Å². The predicted molar refractivity (Wildman–Crippen MR) is 121 cm³/mol. The molecule has 0 radical (unpaired) electrons. The van der Waals surface area contributed by atoms with E-state index in [1.54, 1.807) is 6.92 Å². The fourth-order valence-electron chi connectivity index (χ4n) is 3.27. The molecular weight excluding hydrogens is 412 g/mol. The summed E-state index contributed by atoms with van der Waals surface area (Å²) in [7, 11) is 0. The third kappa shape index (κ3) is 7.39. The van der Waals surface area contributed by atoms with Crippen LogP contribution in [0.4, 0.5) is 0 Å². The fraction of sp³-hybridized carbons (Fsp3) is 0.560. The van der Waals surface area contributed by atoms with Gasteiger partial charge in [0.2, 0.25) is 5.76 Å². The van der Waals surface area contributed by atoms with Gasteiger partial charge in [-0.15, -0.1) is 0 Å². The van der Waals surface area contributed by atoms with Crippen molar-refractivity contribution in [3.05, 3.63) is 35.1 Å². The van der Waals surface area contributed by atoms with Crippen LogP contribution in [0.5, 0.6) is 0 Å². The third-order valence-electron chi connectivity index (χ3n) is 5.04. The van der Waals surface area contributed by atoms with Crippen LogP contribution in [0.25, 0.3) is 11.0 Å². The average molecular weight is 447 g/mol. The zero-order valence-electron chi connectivity index (χ0n) is 19.4. The first-order chi connectivity index (χ1) is 15.5. The molecule has 0 fully saturated rings. The lowest BCUT2D eigenvalue weighted by Gasteiger charge is -2.10. The van der Waals surface area contributed by atoms with Crippen molar-refractivity contribution in [2.75, 3.05) is 19.8 Å². The van der Waals surface area contributed by atoms with Crippen molar-refractivity contribution in [2.24, 2.45) is 0 Å². The van der Waals surface area contributed by atoms with Gasteiger partial charge in [0.1, 0.15) is 5.58 Å². The lowest BCUT2D eigenvalue weighted by Crippen LogP contribution is -2.15. The number of fused-ring (bicyclic) bond motifs is 1. The molecule has 1 aromatic carbocycles. The minimum absolute atomic E-state index is 0.00539. The van der Waals surface area contributed by atoms with Crippen molar-refractivity contribution < 1.29 is 33.0 Å². The highest BCUT2D eigenvalue weighted by atomic mass is 16.5. The van der Waals surface area contributed by atoms with Crippen LogP contribution in [0, 0.1) is 0 Å². The lowest BCUT2D eigenvalue weighted by atomic mass is 10.0. The molecule has 0 saturated carbocycles. The first-order valence-electron chi connectivity index (χ1n) is 11.6. The molecule has 0 bridgehead atoms. The van der Waals surface area contributed by atoms with E-state index in [-0.39, 0.29) is 36.7 Å². The number of rotatable bonds is 14. The predicted octanol–water partition coefficient (Wildman–Crippen LogP) is 6.08. The molecule has 0 aliphatic carbocycles. The first-order valence-corrected chi connectivity index (χ1v) is 11.6. The summed E-state index contributed by atoms with van der Waals surface area (Å²) in [5.41, 5.74) is 0.463. The Kier molecular flexibility index (Phi) is 10.8. The van der Waals surface area contributed by atoms with Crippen LogP contribution in [0.3, 0.4) is 0 Å². The molecule has 1 heterocycles. The molecule has 0 saturated heterocycles. The van der Waals surface area contributed by atoms with Gasteiger partial charge in [-0.2, -0.15) is 0 Å². The summed E-state index contributed by atoms with van der Waals surface area (Å²) in [6.45, 7) is 6.67. The fourth-order valence-corrected chi connectivity index (χ4v) is 3.27. The van der Waals surface area contributed by atoms with Crippen molar-refractivity contribution >= 4 is 28.9 Å². The van der Waals surface area contributed by atoms with Crippen LogP contribution < -0.4 is 0 Å². The standard InChI is InChI=1S/C25H34O7/c1-4-7-9-11-13-30-23(26)19-15-18-16-22(25(28)29-6-3)32-21(18)17-20(19)24(27)31-14-12-10-8-5-2/h15-17H,4-14H2,1-3H3. The Bertz CT molecular complexity index is 834. The summed E-state index contributed by atoms with van der Waals surface area (Å²) >= 11 is 0. The highest BCUT2D eigenvalue weighted by Crippen LogP contribution is 2.26. The second-order valence-electron chi connectivity index (χ2n) is 7.66. The third-order valence-corrected chi connectivity index (χ3v) is 5.04. The Balaban J connectivity index is 2.24. The van der Waals surface area contributed by atoms with Gasteiger partial charge in [0.25, 0.3) is 0 Å². The minimum atomic E-state index is -0.615. The Morgan fingerprint density at radius 1 is 0.688 bits per heavy atom. The molecule has 0 aliphatic rings. The first kappa shape index (κ1) is 25.4. The van der Waals surface area contributed by atoms with Gasteiger partial charge in [-0.3, -0.25) is 0 Å². The number of ether oxygens (including phenoxy) is 3. The molecule has 2 rings (SSSR count). The Hall–Kier alpha value is -2.83. The molecule has 0 N–H and O–H groups in total. The zero-order chi connectivity index (χ0) is 23.3. The number of hydrogen-bond acceptors (Lipinski definition) is 7. The van der Waals surface area contributed by atoms with E-state index >= 15 is 0 Å². The minimum Gasteiger partial charge on any atom is -0.462 e. The monoisotopic (exact) mass is 446 g/mol. The van der Waals surface area contributed by atoms with Gasteiger partial charge in [-0.1, -0.05) is 52.4 Å². The Morgan fingerprint density at radius 3 is 1.78 bits per heavy atom. The molecule has 176 valence electrons. The number of benzene rings is 1. The number of hydrogen-bond donors (Lipinski definition) is 0. The SMILES string of the molecule is CCCCCCOC(=O)c1cc2cc(C(=O)OCC)oc2cc1C(=O)OCCCCCC. The largest absolute Gasteiger partial charge is 0.462 e. The molecule has 0 spiro atoms. The van der Waals surface area contributed by atoms with Crippen LogP contribution in [0.2, 0.25) is 0 Å². The summed E-state index contributed by atoms with van der Waals surface area (Å²) in [5.74, 6) is -1.81.